The summed E-state index contributed by atoms with van der Waals surface area (Å²) >= 11 is 0.905. The SMILES string of the molecule is COC(=O)[C@@]1(OC(C)=O)O[C@H]([C@H](OC(C)=O)[C@H](COC(C)=O)OC(C)=O)[C@H](NC(C)=O)[C@@H](OC(C)=O)[C@@H]1Sc1ccccc1. The number of hydrogen-bond acceptors (Lipinski definition) is 15. The van der Waals surface area contributed by atoms with Crippen LogP contribution in [0, 0.1) is 0 Å². The van der Waals surface area contributed by atoms with Crippen LogP contribution in [0.4, 0.5) is 0 Å². The van der Waals surface area contributed by atoms with Gasteiger partial charge in [0.25, 0.3) is 0 Å². The van der Waals surface area contributed by atoms with Crippen molar-refractivity contribution < 1.29 is 66.7 Å². The van der Waals surface area contributed by atoms with Gasteiger partial charge in [0, 0.05) is 46.4 Å². The Morgan fingerprint density at radius 1 is 0.864 bits per heavy atom. The Morgan fingerprint density at radius 2 is 1.48 bits per heavy atom. The smallest absolute Gasteiger partial charge is 0.381 e. The first-order valence-electron chi connectivity index (χ1n) is 13.2. The number of nitrogens with one attached hydrogen (secondary N) is 1. The van der Waals surface area contributed by atoms with Gasteiger partial charge in [0.1, 0.15) is 24.1 Å². The molecule has 0 spiro atoms. The van der Waals surface area contributed by atoms with Crippen LogP contribution in [0.5, 0.6) is 0 Å². The van der Waals surface area contributed by atoms with Gasteiger partial charge in [-0.05, 0) is 12.1 Å². The fraction of sp³-hybridized carbons (Fsp3) is 0.536. The second-order valence-corrected chi connectivity index (χ2v) is 10.7. The molecule has 1 saturated heterocycles. The van der Waals surface area contributed by atoms with Crippen LogP contribution in [0.1, 0.15) is 41.5 Å². The first-order chi connectivity index (χ1) is 20.6. The third kappa shape index (κ3) is 9.67. The largest absolute Gasteiger partial charge is 0.464 e. The van der Waals surface area contributed by atoms with Crippen molar-refractivity contribution in [1.82, 2.24) is 5.32 Å². The van der Waals surface area contributed by atoms with Gasteiger partial charge in [0.15, 0.2) is 12.2 Å². The fourth-order valence-electron chi connectivity index (χ4n) is 4.52. The third-order valence-electron chi connectivity index (χ3n) is 5.90. The molecule has 1 aromatic rings. The molecular weight excluding hydrogens is 606 g/mol. The number of carbonyl (C=O) groups is 7. The molecule has 0 saturated carbocycles. The van der Waals surface area contributed by atoms with E-state index in [-0.39, 0.29) is 0 Å². The van der Waals surface area contributed by atoms with Crippen LogP contribution in [0.3, 0.4) is 0 Å². The molecule has 1 fully saturated rings. The summed E-state index contributed by atoms with van der Waals surface area (Å²) in [6, 6.07) is 6.95. The Bertz CT molecular complexity index is 1240. The van der Waals surface area contributed by atoms with Crippen molar-refractivity contribution in [2.45, 2.75) is 87.9 Å². The van der Waals surface area contributed by atoms with E-state index in [4.69, 9.17) is 33.2 Å². The van der Waals surface area contributed by atoms with E-state index in [1.165, 1.54) is 0 Å². The Labute approximate surface area is 257 Å². The molecular formula is C28H35NO14S. The number of thioether (sulfide) groups is 1. The molecule has 0 bridgehead atoms. The number of methoxy groups -OCH3 is 1. The van der Waals surface area contributed by atoms with Crippen molar-refractivity contribution in [3.8, 4) is 0 Å². The second kappa shape index (κ2) is 16.0. The van der Waals surface area contributed by atoms with Gasteiger partial charge in [-0.3, -0.25) is 28.8 Å². The van der Waals surface area contributed by atoms with E-state index < -0.39 is 89.8 Å². The number of hydrogen-bond donors (Lipinski definition) is 1. The summed E-state index contributed by atoms with van der Waals surface area (Å²) in [6.45, 7) is 5.64. The predicted octanol–water partition coefficient (Wildman–Crippen LogP) is 0.841. The zero-order valence-corrected chi connectivity index (χ0v) is 26.0. The average Bonchev–Trinajstić information content (AvgIpc) is 2.91. The second-order valence-electron chi connectivity index (χ2n) is 9.51. The fourth-order valence-corrected chi connectivity index (χ4v) is 5.84. The minimum Gasteiger partial charge on any atom is -0.464 e. The molecule has 0 aliphatic carbocycles. The minimum atomic E-state index is -2.71. The first kappa shape index (κ1) is 36.0. The Morgan fingerprint density at radius 3 is 1.95 bits per heavy atom. The highest BCUT2D eigenvalue weighted by molar-refractivity contribution is 8.00. The van der Waals surface area contributed by atoms with E-state index >= 15 is 0 Å². The highest BCUT2D eigenvalue weighted by atomic mass is 32.2. The summed E-state index contributed by atoms with van der Waals surface area (Å²) < 4.78 is 38.3. The topological polar surface area (TPSA) is 196 Å². The number of carbonyl (C=O) groups excluding carboxylic acids is 7. The van der Waals surface area contributed by atoms with E-state index in [9.17, 15) is 33.6 Å². The lowest BCUT2D eigenvalue weighted by atomic mass is 9.87. The summed E-state index contributed by atoms with van der Waals surface area (Å²) in [6.07, 6.45) is -6.67. The molecule has 0 aromatic heterocycles. The number of amides is 1. The van der Waals surface area contributed by atoms with Crippen LogP contribution in [0.25, 0.3) is 0 Å². The van der Waals surface area contributed by atoms with Gasteiger partial charge in [-0.25, -0.2) is 4.79 Å². The van der Waals surface area contributed by atoms with Crippen molar-refractivity contribution in [2.24, 2.45) is 0 Å². The zero-order valence-electron chi connectivity index (χ0n) is 25.2. The highest BCUT2D eigenvalue weighted by Crippen LogP contribution is 2.45. The molecule has 1 N–H and O–H groups in total. The molecule has 1 aliphatic heterocycles. The Balaban J connectivity index is 2.94. The summed E-state index contributed by atoms with van der Waals surface area (Å²) in [5.74, 6) is -9.14. The molecule has 16 heteroatoms. The third-order valence-corrected chi connectivity index (χ3v) is 7.27. The van der Waals surface area contributed by atoms with Crippen molar-refractivity contribution in [2.75, 3.05) is 13.7 Å². The van der Waals surface area contributed by atoms with E-state index in [0.29, 0.717) is 4.90 Å². The van der Waals surface area contributed by atoms with Crippen LogP contribution in [0.15, 0.2) is 35.2 Å². The molecule has 44 heavy (non-hydrogen) atoms. The zero-order chi connectivity index (χ0) is 33.2. The van der Waals surface area contributed by atoms with Crippen LogP contribution in [-0.2, 0) is 66.7 Å². The predicted molar refractivity (Wildman–Crippen MR) is 148 cm³/mol. The monoisotopic (exact) mass is 641 g/mol. The van der Waals surface area contributed by atoms with E-state index in [2.05, 4.69) is 5.32 Å². The lowest BCUT2D eigenvalue weighted by Gasteiger charge is -2.51. The molecule has 0 unspecified atom stereocenters. The van der Waals surface area contributed by atoms with Crippen LogP contribution < -0.4 is 5.32 Å². The van der Waals surface area contributed by atoms with E-state index in [0.717, 1.165) is 60.4 Å². The van der Waals surface area contributed by atoms with Crippen molar-refractivity contribution >= 4 is 53.5 Å². The molecule has 242 valence electrons. The lowest BCUT2D eigenvalue weighted by Crippen LogP contribution is -2.74. The van der Waals surface area contributed by atoms with E-state index in [1.807, 2.05) is 0 Å². The van der Waals surface area contributed by atoms with Crippen molar-refractivity contribution in [1.29, 1.82) is 0 Å². The molecule has 0 radical (unpaired) electrons. The number of benzene rings is 1. The average molecular weight is 642 g/mol. The maximum absolute atomic E-state index is 13.6. The number of rotatable bonds is 12. The standard InChI is InChI=1S/C28H35NO14S/c1-14(30)29-22-24(23(40-17(4)33)21(39-16(3)32)13-38-15(2)31)43-28(27(36)37-7,42-19(6)35)26(25(22)41-18(5)34)44-20-11-9-8-10-12-20/h8-12,21-26H,13H2,1-7H3,(H,29,30)/t21-,22-,23+,24-,25+,26-,28-/m0/s1. The van der Waals surface area contributed by atoms with Gasteiger partial charge in [-0.15, -0.1) is 11.8 Å². The van der Waals surface area contributed by atoms with E-state index in [1.54, 1.807) is 30.3 Å². The van der Waals surface area contributed by atoms with Gasteiger partial charge >= 0.3 is 41.6 Å². The molecule has 7 atom stereocenters. The first-order valence-corrected chi connectivity index (χ1v) is 14.1. The minimum absolute atomic E-state index is 0.503. The quantitative estimate of drug-likeness (QED) is 0.249. The maximum atomic E-state index is 13.6. The Hall–Kier alpha value is -4.18. The van der Waals surface area contributed by atoms with Crippen molar-refractivity contribution in [3.05, 3.63) is 30.3 Å². The number of esters is 6. The van der Waals surface area contributed by atoms with Crippen LogP contribution in [0.2, 0.25) is 0 Å². The lowest BCUT2D eigenvalue weighted by molar-refractivity contribution is -0.300. The normalized spacial score (nSPS) is 24.0. The van der Waals surface area contributed by atoms with Crippen LogP contribution >= 0.6 is 11.8 Å². The van der Waals surface area contributed by atoms with Crippen molar-refractivity contribution in [3.63, 3.8) is 0 Å². The van der Waals surface area contributed by atoms with Gasteiger partial charge in [-0.2, -0.15) is 0 Å². The van der Waals surface area contributed by atoms with Gasteiger partial charge in [0.2, 0.25) is 5.91 Å². The molecule has 1 aromatic carbocycles. The Kier molecular flexibility index (Phi) is 13.1. The summed E-state index contributed by atoms with van der Waals surface area (Å²) in [5.41, 5.74) is 0. The molecule has 15 nitrogen and oxygen atoms in total. The molecule has 2 rings (SSSR count). The van der Waals surface area contributed by atoms with Crippen LogP contribution in [-0.4, -0.2) is 96.9 Å². The van der Waals surface area contributed by atoms with Gasteiger partial charge < -0.3 is 38.5 Å². The molecule has 1 heterocycles. The summed E-state index contributed by atoms with van der Waals surface area (Å²) in [7, 11) is 0.989. The summed E-state index contributed by atoms with van der Waals surface area (Å²) in [5, 5.41) is 1.14. The number of ether oxygens (including phenoxy) is 7. The highest BCUT2D eigenvalue weighted by Gasteiger charge is 2.66. The summed E-state index contributed by atoms with van der Waals surface area (Å²) in [4.78, 5) is 87.8. The maximum Gasteiger partial charge on any atom is 0.381 e. The van der Waals surface area contributed by atoms with Gasteiger partial charge in [-0.1, -0.05) is 18.2 Å². The molecule has 1 aliphatic rings. The molecule has 1 amide bonds. The van der Waals surface area contributed by atoms with Gasteiger partial charge in [0.05, 0.1) is 13.2 Å².